The lowest BCUT2D eigenvalue weighted by Gasteiger charge is -2.32. The van der Waals surface area contributed by atoms with E-state index in [9.17, 15) is 22.8 Å². The summed E-state index contributed by atoms with van der Waals surface area (Å²) in [5.74, 6) is -0.629. The first-order valence-corrected chi connectivity index (χ1v) is 8.79. The van der Waals surface area contributed by atoms with Crippen LogP contribution in [0.2, 0.25) is 0 Å². The first kappa shape index (κ1) is 21.5. The molecule has 2 heterocycles. The Kier molecular flexibility index (Phi) is 6.75. The summed E-state index contributed by atoms with van der Waals surface area (Å²) in [6.07, 6.45) is -2.13. The second kappa shape index (κ2) is 8.48. The SMILES string of the molecule is CNC1CCN(C(=O)c2cc(N3CCCC3=O)cc(C(F)(F)F)c2)CC1.Cl. The summed E-state index contributed by atoms with van der Waals surface area (Å²) in [4.78, 5) is 27.6. The van der Waals surface area contributed by atoms with Crippen molar-refractivity contribution in [3.63, 3.8) is 0 Å². The minimum atomic E-state index is -4.58. The van der Waals surface area contributed by atoms with Gasteiger partial charge in [-0.3, -0.25) is 9.59 Å². The molecule has 5 nitrogen and oxygen atoms in total. The molecule has 9 heteroatoms. The average Bonchev–Trinajstić information content (AvgIpc) is 3.06. The van der Waals surface area contributed by atoms with Crippen molar-refractivity contribution in [2.24, 2.45) is 0 Å². The molecule has 2 fully saturated rings. The molecule has 0 saturated carbocycles. The molecule has 3 rings (SSSR count). The van der Waals surface area contributed by atoms with Crippen molar-refractivity contribution in [1.29, 1.82) is 0 Å². The molecular formula is C18H23ClF3N3O2. The second-order valence-corrected chi connectivity index (χ2v) is 6.77. The van der Waals surface area contributed by atoms with E-state index in [2.05, 4.69) is 5.32 Å². The number of rotatable bonds is 3. The predicted molar refractivity (Wildman–Crippen MR) is 98.3 cm³/mol. The van der Waals surface area contributed by atoms with Gasteiger partial charge in [0.05, 0.1) is 5.56 Å². The molecule has 150 valence electrons. The number of carbonyl (C=O) groups is 2. The van der Waals surface area contributed by atoms with Crippen LogP contribution in [0.5, 0.6) is 0 Å². The molecule has 2 saturated heterocycles. The smallest absolute Gasteiger partial charge is 0.339 e. The minimum Gasteiger partial charge on any atom is -0.339 e. The highest BCUT2D eigenvalue weighted by molar-refractivity contribution is 5.99. The Bertz CT molecular complexity index is 704. The number of benzene rings is 1. The lowest BCUT2D eigenvalue weighted by molar-refractivity contribution is -0.137. The summed E-state index contributed by atoms with van der Waals surface area (Å²) in [5, 5.41) is 3.15. The van der Waals surface area contributed by atoms with Gasteiger partial charge in [-0.25, -0.2) is 0 Å². The van der Waals surface area contributed by atoms with Gasteiger partial charge >= 0.3 is 6.18 Å². The largest absolute Gasteiger partial charge is 0.416 e. The van der Waals surface area contributed by atoms with Crippen molar-refractivity contribution >= 4 is 29.9 Å². The first-order chi connectivity index (χ1) is 12.3. The molecule has 0 bridgehead atoms. The molecule has 0 spiro atoms. The molecule has 2 amide bonds. The zero-order chi connectivity index (χ0) is 18.9. The summed E-state index contributed by atoms with van der Waals surface area (Å²) in [7, 11) is 1.86. The highest BCUT2D eigenvalue weighted by Crippen LogP contribution is 2.34. The lowest BCUT2D eigenvalue weighted by Crippen LogP contribution is -2.44. The summed E-state index contributed by atoms with van der Waals surface area (Å²) in [5.41, 5.74) is -0.767. The molecule has 0 aliphatic carbocycles. The minimum absolute atomic E-state index is 0. The van der Waals surface area contributed by atoms with Crippen molar-refractivity contribution in [2.45, 2.75) is 37.9 Å². The zero-order valence-corrected chi connectivity index (χ0v) is 15.8. The molecule has 0 radical (unpaired) electrons. The fourth-order valence-corrected chi connectivity index (χ4v) is 3.53. The van der Waals surface area contributed by atoms with E-state index >= 15 is 0 Å². The summed E-state index contributed by atoms with van der Waals surface area (Å²) in [6.45, 7) is 1.37. The van der Waals surface area contributed by atoms with Crippen LogP contribution < -0.4 is 10.2 Å². The number of hydrogen-bond acceptors (Lipinski definition) is 3. The van der Waals surface area contributed by atoms with Gasteiger partial charge in [-0.1, -0.05) is 0 Å². The van der Waals surface area contributed by atoms with Crippen LogP contribution in [0.1, 0.15) is 41.6 Å². The fourth-order valence-electron chi connectivity index (χ4n) is 3.53. The van der Waals surface area contributed by atoms with Gasteiger partial charge in [0, 0.05) is 43.3 Å². The number of piperidine rings is 1. The monoisotopic (exact) mass is 405 g/mol. The number of alkyl halides is 3. The molecule has 0 aromatic heterocycles. The Hall–Kier alpha value is -1.80. The van der Waals surface area contributed by atoms with E-state index in [1.54, 1.807) is 4.90 Å². The summed E-state index contributed by atoms with van der Waals surface area (Å²) >= 11 is 0. The summed E-state index contributed by atoms with van der Waals surface area (Å²) < 4.78 is 39.9. The molecular weight excluding hydrogens is 383 g/mol. The zero-order valence-electron chi connectivity index (χ0n) is 15.0. The fraction of sp³-hybridized carbons (Fsp3) is 0.556. The Labute approximate surface area is 162 Å². The van der Waals surface area contributed by atoms with E-state index in [0.717, 1.165) is 25.0 Å². The van der Waals surface area contributed by atoms with E-state index in [1.807, 2.05) is 7.05 Å². The van der Waals surface area contributed by atoms with Gasteiger partial charge in [-0.2, -0.15) is 13.2 Å². The van der Waals surface area contributed by atoms with Gasteiger partial charge in [-0.05, 0) is 44.5 Å². The molecule has 2 aliphatic rings. The normalized spacial score (nSPS) is 18.6. The van der Waals surface area contributed by atoms with Gasteiger partial charge < -0.3 is 15.1 Å². The number of halogens is 4. The van der Waals surface area contributed by atoms with E-state index in [0.29, 0.717) is 38.5 Å². The third-order valence-electron chi connectivity index (χ3n) is 5.07. The Balaban J connectivity index is 0.00000261. The maximum absolute atomic E-state index is 13.3. The van der Waals surface area contributed by atoms with E-state index in [1.165, 1.54) is 11.0 Å². The van der Waals surface area contributed by atoms with Crippen LogP contribution in [-0.2, 0) is 11.0 Å². The number of likely N-dealkylation sites (tertiary alicyclic amines) is 1. The quantitative estimate of drug-likeness (QED) is 0.840. The molecule has 1 N–H and O–H groups in total. The number of amides is 2. The lowest BCUT2D eigenvalue weighted by atomic mass is 10.0. The van der Waals surface area contributed by atoms with Crippen LogP contribution in [0.4, 0.5) is 18.9 Å². The van der Waals surface area contributed by atoms with E-state index in [-0.39, 0.29) is 29.6 Å². The van der Waals surface area contributed by atoms with E-state index in [4.69, 9.17) is 0 Å². The second-order valence-electron chi connectivity index (χ2n) is 6.77. The van der Waals surface area contributed by atoms with Crippen LogP contribution in [0.25, 0.3) is 0 Å². The number of hydrogen-bond donors (Lipinski definition) is 1. The molecule has 27 heavy (non-hydrogen) atoms. The van der Waals surface area contributed by atoms with Crippen LogP contribution in [0, 0.1) is 0 Å². The molecule has 0 unspecified atom stereocenters. The highest BCUT2D eigenvalue weighted by Gasteiger charge is 2.34. The van der Waals surface area contributed by atoms with Crippen LogP contribution in [-0.4, -0.2) is 49.4 Å². The van der Waals surface area contributed by atoms with Crippen molar-refractivity contribution in [2.75, 3.05) is 31.6 Å². The molecule has 1 aromatic rings. The van der Waals surface area contributed by atoms with Crippen molar-refractivity contribution in [3.8, 4) is 0 Å². The van der Waals surface area contributed by atoms with Gasteiger partial charge in [0.15, 0.2) is 0 Å². The van der Waals surface area contributed by atoms with Gasteiger partial charge in [0.2, 0.25) is 5.91 Å². The number of nitrogens with zero attached hydrogens (tertiary/aromatic N) is 2. The topological polar surface area (TPSA) is 52.7 Å². The van der Waals surface area contributed by atoms with Crippen LogP contribution in [0.3, 0.4) is 0 Å². The maximum atomic E-state index is 13.3. The van der Waals surface area contributed by atoms with Gasteiger partial charge in [-0.15, -0.1) is 12.4 Å². The predicted octanol–water partition coefficient (Wildman–Crippen LogP) is 3.08. The molecule has 0 atom stereocenters. The average molecular weight is 406 g/mol. The Morgan fingerprint density at radius 3 is 2.33 bits per heavy atom. The standard InChI is InChI=1S/C18H22F3N3O2.ClH/c1-22-14-4-7-23(8-5-14)17(26)12-9-13(18(19,20)21)11-15(10-12)24-6-2-3-16(24)25;/h9-11,14,22H,2-8H2,1H3;1H. The van der Waals surface area contributed by atoms with Gasteiger partial charge in [0.25, 0.3) is 5.91 Å². The third-order valence-corrected chi connectivity index (χ3v) is 5.07. The van der Waals surface area contributed by atoms with E-state index < -0.39 is 17.6 Å². The molecule has 2 aliphatic heterocycles. The molecule has 1 aromatic carbocycles. The Morgan fingerprint density at radius 2 is 1.81 bits per heavy atom. The van der Waals surface area contributed by atoms with Crippen LogP contribution >= 0.6 is 12.4 Å². The number of nitrogens with one attached hydrogen (secondary N) is 1. The van der Waals surface area contributed by atoms with Crippen molar-refractivity contribution < 1.29 is 22.8 Å². The first-order valence-electron chi connectivity index (χ1n) is 8.79. The summed E-state index contributed by atoms with van der Waals surface area (Å²) in [6, 6.07) is 3.56. The third kappa shape index (κ3) is 4.73. The number of anilines is 1. The van der Waals surface area contributed by atoms with Gasteiger partial charge in [0.1, 0.15) is 0 Å². The Morgan fingerprint density at radius 1 is 1.15 bits per heavy atom. The maximum Gasteiger partial charge on any atom is 0.416 e. The highest BCUT2D eigenvalue weighted by atomic mass is 35.5. The van der Waals surface area contributed by atoms with Crippen molar-refractivity contribution in [3.05, 3.63) is 29.3 Å². The van der Waals surface area contributed by atoms with Crippen molar-refractivity contribution in [1.82, 2.24) is 10.2 Å². The number of carbonyl (C=O) groups excluding carboxylic acids is 2. The van der Waals surface area contributed by atoms with Crippen LogP contribution in [0.15, 0.2) is 18.2 Å².